The maximum Gasteiger partial charge on any atom is 0.251 e. The van der Waals surface area contributed by atoms with Gasteiger partial charge < -0.3 is 14.8 Å². The van der Waals surface area contributed by atoms with E-state index in [0.29, 0.717) is 23.6 Å². The lowest BCUT2D eigenvalue weighted by Gasteiger charge is -2.46. The number of aromatic nitrogens is 3. The van der Waals surface area contributed by atoms with Gasteiger partial charge in [-0.15, -0.1) is 0 Å². The number of amides is 1. The van der Waals surface area contributed by atoms with Gasteiger partial charge >= 0.3 is 0 Å². The van der Waals surface area contributed by atoms with E-state index in [1.165, 1.54) is 0 Å². The van der Waals surface area contributed by atoms with Crippen molar-refractivity contribution < 1.29 is 14.3 Å². The van der Waals surface area contributed by atoms with Crippen LogP contribution in [0.2, 0.25) is 0 Å². The van der Waals surface area contributed by atoms with Gasteiger partial charge in [-0.2, -0.15) is 5.10 Å². The third kappa shape index (κ3) is 4.90. The fourth-order valence-corrected chi connectivity index (χ4v) is 6.05. The number of carbonyl (C=O) groups is 1. The summed E-state index contributed by atoms with van der Waals surface area (Å²) in [6, 6.07) is 20.5. The number of ether oxygens (including phenoxy) is 2. The van der Waals surface area contributed by atoms with Crippen LogP contribution in [0, 0.1) is 5.92 Å². The van der Waals surface area contributed by atoms with E-state index in [0.717, 1.165) is 72.5 Å². The zero-order valence-electron chi connectivity index (χ0n) is 22.0. The highest BCUT2D eigenvalue weighted by Crippen LogP contribution is 2.40. The van der Waals surface area contributed by atoms with Gasteiger partial charge in [-0.3, -0.25) is 19.8 Å². The molecule has 200 valence electrons. The molecule has 8 heteroatoms. The van der Waals surface area contributed by atoms with E-state index >= 15 is 0 Å². The average Bonchev–Trinajstić information content (AvgIpc) is 3.71. The zero-order valence-corrected chi connectivity index (χ0v) is 22.0. The maximum atomic E-state index is 13.3. The molecule has 3 fully saturated rings. The lowest BCUT2D eigenvalue weighted by atomic mass is 9.92. The van der Waals surface area contributed by atoms with E-state index in [4.69, 9.17) is 9.47 Å². The lowest BCUT2D eigenvalue weighted by Crippen LogP contribution is -2.57. The highest BCUT2D eigenvalue weighted by molar-refractivity contribution is 6.01. The number of piperidine rings is 1. The Morgan fingerprint density at radius 1 is 1.08 bits per heavy atom. The standard InChI is InChI=1S/C31H33N5O3/c1-36-22-15-25(16-23(36)18-38-17-22)39-24-10-7-19(8-11-24)29-26-14-21(9-12-27(26)34-35-29)31(37)33-30(20-5-6-20)28-4-2-3-13-32-28/h2-4,7-14,20,22-23,25,30H,5-6,15-18H2,1H3,(H,33,37)(H,34,35)/t22-,23+,25-,30-/m0/s1. The summed E-state index contributed by atoms with van der Waals surface area (Å²) in [6.07, 6.45) is 6.16. The summed E-state index contributed by atoms with van der Waals surface area (Å²) in [5.41, 5.74) is 4.22. The highest BCUT2D eigenvalue weighted by atomic mass is 16.5. The van der Waals surface area contributed by atoms with Crippen LogP contribution in [0.1, 0.15) is 47.8 Å². The van der Waals surface area contributed by atoms with Gasteiger partial charge in [0.15, 0.2) is 0 Å². The second-order valence-electron chi connectivity index (χ2n) is 11.1. The monoisotopic (exact) mass is 523 g/mol. The molecule has 2 aromatic carbocycles. The Morgan fingerprint density at radius 2 is 1.87 bits per heavy atom. The van der Waals surface area contributed by atoms with Gasteiger partial charge in [-0.05, 0) is 80.4 Å². The molecule has 4 aromatic rings. The summed E-state index contributed by atoms with van der Waals surface area (Å²) < 4.78 is 12.1. The molecule has 2 saturated heterocycles. The molecule has 0 spiro atoms. The predicted molar refractivity (Wildman–Crippen MR) is 149 cm³/mol. The summed E-state index contributed by atoms with van der Waals surface area (Å²) in [7, 11) is 2.19. The molecule has 3 aliphatic rings. The maximum absolute atomic E-state index is 13.3. The van der Waals surface area contributed by atoms with Crippen molar-refractivity contribution in [2.75, 3.05) is 20.3 Å². The molecule has 0 radical (unpaired) electrons. The van der Waals surface area contributed by atoms with Crippen molar-refractivity contribution in [2.24, 2.45) is 5.92 Å². The summed E-state index contributed by atoms with van der Waals surface area (Å²) in [4.78, 5) is 20.2. The van der Waals surface area contributed by atoms with Crippen LogP contribution in [0.5, 0.6) is 5.75 Å². The van der Waals surface area contributed by atoms with Crippen molar-refractivity contribution in [3.63, 3.8) is 0 Å². The van der Waals surface area contributed by atoms with Crippen molar-refractivity contribution in [3.8, 4) is 17.0 Å². The van der Waals surface area contributed by atoms with Gasteiger partial charge in [0.05, 0.1) is 36.2 Å². The normalized spacial score (nSPS) is 23.9. The van der Waals surface area contributed by atoms with Gasteiger partial charge in [0.25, 0.3) is 5.91 Å². The van der Waals surface area contributed by atoms with Crippen LogP contribution < -0.4 is 10.1 Å². The number of fused-ring (bicyclic) bond motifs is 3. The number of rotatable bonds is 7. The van der Waals surface area contributed by atoms with E-state index in [9.17, 15) is 4.79 Å². The molecular formula is C31H33N5O3. The van der Waals surface area contributed by atoms with Crippen molar-refractivity contribution in [3.05, 3.63) is 78.1 Å². The summed E-state index contributed by atoms with van der Waals surface area (Å²) in [5.74, 6) is 1.22. The summed E-state index contributed by atoms with van der Waals surface area (Å²) >= 11 is 0. The minimum Gasteiger partial charge on any atom is -0.490 e. The fraction of sp³-hybridized carbons (Fsp3) is 0.387. The van der Waals surface area contributed by atoms with Gasteiger partial charge in [-0.1, -0.05) is 6.07 Å². The first-order valence-electron chi connectivity index (χ1n) is 13.9. The number of likely N-dealkylation sites (N-methyl/N-ethyl adjacent to an activating group) is 1. The molecule has 39 heavy (non-hydrogen) atoms. The molecule has 1 amide bonds. The number of aromatic amines is 1. The second-order valence-corrected chi connectivity index (χ2v) is 11.1. The van der Waals surface area contributed by atoms with Crippen LogP contribution in [0.3, 0.4) is 0 Å². The van der Waals surface area contributed by atoms with Gasteiger partial charge in [0.2, 0.25) is 0 Å². The Morgan fingerprint density at radius 3 is 2.59 bits per heavy atom. The first-order chi connectivity index (χ1) is 19.1. The molecule has 8 nitrogen and oxygen atoms in total. The molecule has 1 saturated carbocycles. The van der Waals surface area contributed by atoms with Crippen molar-refractivity contribution in [1.29, 1.82) is 0 Å². The molecule has 4 heterocycles. The van der Waals surface area contributed by atoms with Gasteiger partial charge in [-0.25, -0.2) is 0 Å². The molecule has 1 aliphatic carbocycles. The molecular weight excluding hydrogens is 490 g/mol. The van der Waals surface area contributed by atoms with Crippen molar-refractivity contribution >= 4 is 16.8 Å². The first kappa shape index (κ1) is 24.3. The largest absolute Gasteiger partial charge is 0.490 e. The second kappa shape index (κ2) is 10.1. The number of hydrogen-bond acceptors (Lipinski definition) is 6. The van der Waals surface area contributed by atoms with E-state index < -0.39 is 0 Å². The number of benzene rings is 2. The number of nitrogens with zero attached hydrogens (tertiary/aromatic N) is 3. The van der Waals surface area contributed by atoms with E-state index in [-0.39, 0.29) is 18.1 Å². The Bertz CT molecular complexity index is 1450. The van der Waals surface area contributed by atoms with Crippen LogP contribution >= 0.6 is 0 Å². The minimum atomic E-state index is -0.0938. The lowest BCUT2D eigenvalue weighted by molar-refractivity contribution is -0.0879. The number of hydrogen-bond donors (Lipinski definition) is 2. The molecule has 2 aromatic heterocycles. The topological polar surface area (TPSA) is 92.4 Å². The van der Waals surface area contributed by atoms with Crippen LogP contribution in [0.25, 0.3) is 22.2 Å². The molecule has 4 atom stereocenters. The number of pyridine rings is 1. The van der Waals surface area contributed by atoms with Gasteiger partial charge in [0, 0.05) is 47.6 Å². The number of morpholine rings is 1. The van der Waals surface area contributed by atoms with Crippen LogP contribution in [0.4, 0.5) is 0 Å². The summed E-state index contributed by atoms with van der Waals surface area (Å²) in [6.45, 7) is 1.56. The predicted octanol–water partition coefficient (Wildman–Crippen LogP) is 4.75. The van der Waals surface area contributed by atoms with Crippen LogP contribution in [-0.2, 0) is 4.74 Å². The molecule has 7 rings (SSSR count). The fourth-order valence-electron chi connectivity index (χ4n) is 6.05. The first-order valence-corrected chi connectivity index (χ1v) is 13.9. The van der Waals surface area contributed by atoms with Crippen LogP contribution in [0.15, 0.2) is 66.9 Å². The third-order valence-corrected chi connectivity index (χ3v) is 8.48. The highest BCUT2D eigenvalue weighted by Gasteiger charge is 2.38. The Balaban J connectivity index is 1.08. The molecule has 2 bridgehead atoms. The SMILES string of the molecule is CN1[C@@H]2COC[C@H]1C[C@@H](Oc1ccc(-c3n[nH]c4ccc(C(=O)N[C@H](c5ccccn5)C5CC5)cc34)cc1)C2. The number of nitrogens with one attached hydrogen (secondary N) is 2. The van der Waals surface area contributed by atoms with Crippen LogP contribution in [-0.4, -0.2) is 64.4 Å². The number of carbonyl (C=O) groups excluding carboxylic acids is 1. The van der Waals surface area contributed by atoms with E-state index in [1.54, 1.807) is 6.20 Å². The third-order valence-electron chi connectivity index (χ3n) is 8.48. The Labute approximate surface area is 227 Å². The minimum absolute atomic E-state index is 0.0672. The Hall–Kier alpha value is -3.75. The quantitative estimate of drug-likeness (QED) is 0.363. The van der Waals surface area contributed by atoms with Crippen molar-refractivity contribution in [1.82, 2.24) is 25.4 Å². The number of H-pyrrole nitrogens is 1. The average molecular weight is 524 g/mol. The van der Waals surface area contributed by atoms with E-state index in [2.05, 4.69) is 32.4 Å². The summed E-state index contributed by atoms with van der Waals surface area (Å²) in [5, 5.41) is 11.8. The van der Waals surface area contributed by atoms with Gasteiger partial charge in [0.1, 0.15) is 11.9 Å². The zero-order chi connectivity index (χ0) is 26.3. The molecule has 2 aliphatic heterocycles. The smallest absolute Gasteiger partial charge is 0.251 e. The van der Waals surface area contributed by atoms with Crippen molar-refractivity contribution in [2.45, 2.75) is 49.9 Å². The molecule has 2 N–H and O–H groups in total. The Kier molecular flexibility index (Phi) is 6.29. The molecule has 0 unspecified atom stereocenters. The van der Waals surface area contributed by atoms with E-state index in [1.807, 2.05) is 60.7 Å².